The lowest BCUT2D eigenvalue weighted by atomic mass is 9.97. The van der Waals surface area contributed by atoms with E-state index in [0.29, 0.717) is 29.2 Å². The van der Waals surface area contributed by atoms with Crippen LogP contribution in [0.2, 0.25) is 5.02 Å². The van der Waals surface area contributed by atoms with Gasteiger partial charge in [0.05, 0.1) is 0 Å². The molecule has 1 amide bonds. The fraction of sp³-hybridized carbons (Fsp3) is 0.562. The normalized spacial score (nSPS) is 22.8. The highest BCUT2D eigenvalue weighted by molar-refractivity contribution is 6.30. The van der Waals surface area contributed by atoms with Crippen LogP contribution >= 0.6 is 11.6 Å². The second-order valence-corrected chi connectivity index (χ2v) is 6.03. The Hall–Kier alpha value is -1.26. The van der Waals surface area contributed by atoms with Crippen LogP contribution in [0.5, 0.6) is 5.75 Å². The highest BCUT2D eigenvalue weighted by atomic mass is 35.5. The van der Waals surface area contributed by atoms with E-state index in [1.54, 1.807) is 31.2 Å². The number of hydrogen-bond acceptors (Lipinski definition) is 3. The molecule has 3 unspecified atom stereocenters. The van der Waals surface area contributed by atoms with Crippen molar-refractivity contribution in [1.29, 1.82) is 0 Å². The number of carbonyl (C=O) groups is 1. The Kier molecular flexibility index (Phi) is 5.88. The molecule has 3 atom stereocenters. The van der Waals surface area contributed by atoms with Crippen molar-refractivity contribution < 1.29 is 14.6 Å². The van der Waals surface area contributed by atoms with Crippen LogP contribution in [0.4, 0.5) is 0 Å². The average Bonchev–Trinajstić information content (AvgIpc) is 2.94. The predicted octanol–water partition coefficient (Wildman–Crippen LogP) is 2.63. The van der Waals surface area contributed by atoms with Crippen molar-refractivity contribution in [3.8, 4) is 5.75 Å². The van der Waals surface area contributed by atoms with Gasteiger partial charge in [-0.05, 0) is 55.9 Å². The monoisotopic (exact) mass is 311 g/mol. The summed E-state index contributed by atoms with van der Waals surface area (Å²) in [5, 5.41) is 12.8. The van der Waals surface area contributed by atoms with Gasteiger partial charge in [-0.15, -0.1) is 0 Å². The molecule has 4 nitrogen and oxygen atoms in total. The van der Waals surface area contributed by atoms with Crippen molar-refractivity contribution in [2.24, 2.45) is 11.8 Å². The van der Waals surface area contributed by atoms with Crippen molar-refractivity contribution in [2.45, 2.75) is 32.3 Å². The topological polar surface area (TPSA) is 58.6 Å². The Morgan fingerprint density at radius 2 is 2.05 bits per heavy atom. The standard InChI is InChI=1S/C16H22ClNO3/c1-11(21-15-7-5-14(17)6-8-15)16(20)18-9-12-3-2-4-13(12)10-19/h5-8,11-13,19H,2-4,9-10H2,1H3,(H,18,20). The fourth-order valence-electron chi connectivity index (χ4n) is 2.77. The summed E-state index contributed by atoms with van der Waals surface area (Å²) in [5.41, 5.74) is 0. The van der Waals surface area contributed by atoms with Gasteiger partial charge < -0.3 is 15.2 Å². The summed E-state index contributed by atoms with van der Waals surface area (Å²) in [6.07, 6.45) is 2.69. The fourth-order valence-corrected chi connectivity index (χ4v) is 2.89. The number of halogens is 1. The van der Waals surface area contributed by atoms with Crippen molar-refractivity contribution in [2.75, 3.05) is 13.2 Å². The largest absolute Gasteiger partial charge is 0.481 e. The zero-order valence-corrected chi connectivity index (χ0v) is 13.0. The van der Waals surface area contributed by atoms with E-state index >= 15 is 0 Å². The Labute approximate surface area is 130 Å². The molecule has 0 aliphatic heterocycles. The van der Waals surface area contributed by atoms with Crippen molar-refractivity contribution in [3.63, 3.8) is 0 Å². The molecule has 0 spiro atoms. The van der Waals surface area contributed by atoms with Gasteiger partial charge in [0.15, 0.2) is 6.10 Å². The molecule has 5 heteroatoms. The van der Waals surface area contributed by atoms with Crippen LogP contribution in [0.15, 0.2) is 24.3 Å². The quantitative estimate of drug-likeness (QED) is 0.849. The predicted molar refractivity (Wildman–Crippen MR) is 82.5 cm³/mol. The number of benzene rings is 1. The van der Waals surface area contributed by atoms with Gasteiger partial charge in [0.25, 0.3) is 5.91 Å². The number of nitrogens with one attached hydrogen (secondary N) is 1. The smallest absolute Gasteiger partial charge is 0.260 e. The second kappa shape index (κ2) is 7.66. The first-order valence-corrected chi connectivity index (χ1v) is 7.78. The van der Waals surface area contributed by atoms with Crippen LogP contribution in [-0.2, 0) is 4.79 Å². The van der Waals surface area contributed by atoms with Crippen LogP contribution in [-0.4, -0.2) is 30.3 Å². The molecule has 2 N–H and O–H groups in total. The van der Waals surface area contributed by atoms with Crippen LogP contribution < -0.4 is 10.1 Å². The van der Waals surface area contributed by atoms with Gasteiger partial charge in [0, 0.05) is 18.2 Å². The summed E-state index contributed by atoms with van der Waals surface area (Å²) >= 11 is 5.81. The van der Waals surface area contributed by atoms with E-state index in [1.807, 2.05) is 0 Å². The van der Waals surface area contributed by atoms with Crippen LogP contribution in [0.1, 0.15) is 26.2 Å². The molecule has 1 aromatic carbocycles. The van der Waals surface area contributed by atoms with Gasteiger partial charge in [-0.1, -0.05) is 18.0 Å². The van der Waals surface area contributed by atoms with Crippen LogP contribution in [0.3, 0.4) is 0 Å². The molecule has 1 aliphatic carbocycles. The summed E-state index contributed by atoms with van der Waals surface area (Å²) in [7, 11) is 0. The number of carbonyl (C=O) groups excluding carboxylic acids is 1. The maximum Gasteiger partial charge on any atom is 0.260 e. The van der Waals surface area contributed by atoms with Gasteiger partial charge in [0.1, 0.15) is 5.75 Å². The molecular weight excluding hydrogens is 290 g/mol. The lowest BCUT2D eigenvalue weighted by Crippen LogP contribution is -2.39. The van der Waals surface area contributed by atoms with E-state index in [1.165, 1.54) is 0 Å². The Morgan fingerprint density at radius 1 is 1.38 bits per heavy atom. The summed E-state index contributed by atoms with van der Waals surface area (Å²) in [5.74, 6) is 1.18. The van der Waals surface area contributed by atoms with Crippen LogP contribution in [0.25, 0.3) is 0 Å². The molecule has 2 rings (SSSR count). The van der Waals surface area contributed by atoms with E-state index in [9.17, 15) is 9.90 Å². The number of amides is 1. The van der Waals surface area contributed by atoms with Crippen LogP contribution in [0, 0.1) is 11.8 Å². The zero-order valence-electron chi connectivity index (χ0n) is 12.2. The van der Waals surface area contributed by atoms with E-state index in [2.05, 4.69) is 5.32 Å². The lowest BCUT2D eigenvalue weighted by Gasteiger charge is -2.20. The SMILES string of the molecule is CC(Oc1ccc(Cl)cc1)C(=O)NCC1CCCC1CO. The molecule has 0 bridgehead atoms. The number of aliphatic hydroxyl groups excluding tert-OH is 1. The Bertz CT molecular complexity index is 463. The first-order valence-electron chi connectivity index (χ1n) is 7.41. The third-order valence-electron chi connectivity index (χ3n) is 4.09. The number of rotatable bonds is 6. The zero-order chi connectivity index (χ0) is 15.2. The molecule has 1 fully saturated rings. The Balaban J connectivity index is 1.78. The molecule has 0 heterocycles. The summed E-state index contributed by atoms with van der Waals surface area (Å²) < 4.78 is 5.58. The molecule has 0 saturated heterocycles. The molecule has 1 aromatic rings. The molecular formula is C16H22ClNO3. The number of ether oxygens (including phenoxy) is 1. The maximum atomic E-state index is 12.0. The van der Waals surface area contributed by atoms with Crippen molar-refractivity contribution in [1.82, 2.24) is 5.32 Å². The third kappa shape index (κ3) is 4.61. The van der Waals surface area contributed by atoms with Crippen molar-refractivity contribution >= 4 is 17.5 Å². The summed E-state index contributed by atoms with van der Waals surface area (Å²) in [4.78, 5) is 12.0. The van der Waals surface area contributed by atoms with Gasteiger partial charge in [-0.3, -0.25) is 4.79 Å². The van der Waals surface area contributed by atoms with Gasteiger partial charge in [-0.2, -0.15) is 0 Å². The third-order valence-corrected chi connectivity index (χ3v) is 4.34. The summed E-state index contributed by atoms with van der Waals surface area (Å²) in [6, 6.07) is 6.94. The summed E-state index contributed by atoms with van der Waals surface area (Å²) in [6.45, 7) is 2.54. The maximum absolute atomic E-state index is 12.0. The van der Waals surface area contributed by atoms with Gasteiger partial charge in [-0.25, -0.2) is 0 Å². The Morgan fingerprint density at radius 3 is 2.71 bits per heavy atom. The van der Waals surface area contributed by atoms with E-state index in [4.69, 9.17) is 16.3 Å². The minimum absolute atomic E-state index is 0.131. The first kappa shape index (κ1) is 16.1. The minimum atomic E-state index is -0.555. The van der Waals surface area contributed by atoms with E-state index < -0.39 is 6.10 Å². The van der Waals surface area contributed by atoms with E-state index in [-0.39, 0.29) is 12.5 Å². The molecule has 116 valence electrons. The van der Waals surface area contributed by atoms with E-state index in [0.717, 1.165) is 19.3 Å². The highest BCUT2D eigenvalue weighted by Gasteiger charge is 2.27. The number of aliphatic hydroxyl groups is 1. The first-order chi connectivity index (χ1) is 10.1. The minimum Gasteiger partial charge on any atom is -0.481 e. The lowest BCUT2D eigenvalue weighted by molar-refractivity contribution is -0.127. The molecule has 0 aromatic heterocycles. The van der Waals surface area contributed by atoms with Crippen molar-refractivity contribution in [3.05, 3.63) is 29.3 Å². The molecule has 0 radical (unpaired) electrons. The average molecular weight is 312 g/mol. The molecule has 21 heavy (non-hydrogen) atoms. The highest BCUT2D eigenvalue weighted by Crippen LogP contribution is 2.30. The van der Waals surface area contributed by atoms with Gasteiger partial charge in [0.2, 0.25) is 0 Å². The number of hydrogen-bond donors (Lipinski definition) is 2. The molecule has 1 aliphatic rings. The molecule has 1 saturated carbocycles. The van der Waals surface area contributed by atoms with Gasteiger partial charge >= 0.3 is 0 Å². The second-order valence-electron chi connectivity index (χ2n) is 5.59.